The Morgan fingerprint density at radius 3 is 2.60 bits per heavy atom. The summed E-state index contributed by atoms with van der Waals surface area (Å²) in [7, 11) is 3.98. The Labute approximate surface area is 120 Å². The predicted molar refractivity (Wildman–Crippen MR) is 82.3 cm³/mol. The molecule has 0 unspecified atom stereocenters. The monoisotopic (exact) mass is 276 g/mol. The second kappa shape index (κ2) is 7.26. The number of hydrogen-bond acceptors (Lipinski definition) is 4. The number of benzene rings is 1. The van der Waals surface area contributed by atoms with Gasteiger partial charge in [0.25, 0.3) is 5.91 Å². The summed E-state index contributed by atoms with van der Waals surface area (Å²) in [6.07, 6.45) is 0. The summed E-state index contributed by atoms with van der Waals surface area (Å²) in [5.41, 5.74) is 1.57. The van der Waals surface area contributed by atoms with Crippen LogP contribution < -0.4 is 10.6 Å². The molecule has 0 aromatic heterocycles. The summed E-state index contributed by atoms with van der Waals surface area (Å²) in [6.45, 7) is 5.99. The van der Waals surface area contributed by atoms with Crippen LogP contribution in [0.2, 0.25) is 0 Å². The zero-order valence-corrected chi connectivity index (χ0v) is 12.4. The zero-order chi connectivity index (χ0) is 14.4. The third kappa shape index (κ3) is 3.95. The number of piperazine rings is 1. The number of anilines is 1. The summed E-state index contributed by atoms with van der Waals surface area (Å²) >= 11 is 0. The van der Waals surface area contributed by atoms with E-state index in [0.717, 1.165) is 38.4 Å². The van der Waals surface area contributed by atoms with E-state index >= 15 is 0 Å². The maximum absolute atomic E-state index is 12.1. The Hall–Kier alpha value is -1.59. The molecule has 5 heteroatoms. The van der Waals surface area contributed by atoms with Gasteiger partial charge in [-0.1, -0.05) is 12.1 Å². The lowest BCUT2D eigenvalue weighted by Crippen LogP contribution is -2.46. The summed E-state index contributed by atoms with van der Waals surface area (Å²) in [5, 5.41) is 6.04. The smallest absolute Gasteiger partial charge is 0.253 e. The van der Waals surface area contributed by atoms with Gasteiger partial charge in [0.15, 0.2) is 0 Å². The normalized spacial score (nSPS) is 16.9. The molecule has 2 N–H and O–H groups in total. The average molecular weight is 276 g/mol. The molecule has 1 saturated heterocycles. The quantitative estimate of drug-likeness (QED) is 0.831. The second-order valence-electron chi connectivity index (χ2n) is 5.20. The molecular formula is C15H24N4O. The zero-order valence-electron chi connectivity index (χ0n) is 12.4. The molecular weight excluding hydrogens is 252 g/mol. The Kier molecular flexibility index (Phi) is 5.38. The molecule has 0 saturated carbocycles. The molecule has 110 valence electrons. The first-order chi connectivity index (χ1) is 9.70. The minimum Gasteiger partial charge on any atom is -0.387 e. The van der Waals surface area contributed by atoms with Gasteiger partial charge in [0.05, 0.1) is 5.56 Å². The van der Waals surface area contributed by atoms with Gasteiger partial charge >= 0.3 is 0 Å². The van der Waals surface area contributed by atoms with E-state index in [2.05, 4.69) is 27.5 Å². The van der Waals surface area contributed by atoms with Crippen molar-refractivity contribution >= 4 is 11.6 Å². The number of nitrogens with one attached hydrogen (secondary N) is 2. The summed E-state index contributed by atoms with van der Waals surface area (Å²) < 4.78 is 0. The minimum absolute atomic E-state index is 0.0101. The van der Waals surface area contributed by atoms with Crippen LogP contribution in [0.5, 0.6) is 0 Å². The van der Waals surface area contributed by atoms with Crippen molar-refractivity contribution in [1.82, 2.24) is 15.1 Å². The number of likely N-dealkylation sites (N-methyl/N-ethyl adjacent to an activating group) is 1. The Morgan fingerprint density at radius 1 is 1.20 bits per heavy atom. The first-order valence-electron chi connectivity index (χ1n) is 7.16. The van der Waals surface area contributed by atoms with Crippen LogP contribution in [0, 0.1) is 0 Å². The van der Waals surface area contributed by atoms with Gasteiger partial charge in [-0.3, -0.25) is 9.69 Å². The molecule has 0 aliphatic carbocycles. The summed E-state index contributed by atoms with van der Waals surface area (Å²) in [6, 6.07) is 7.56. The van der Waals surface area contributed by atoms with E-state index < -0.39 is 0 Å². The van der Waals surface area contributed by atoms with Crippen molar-refractivity contribution in [2.45, 2.75) is 0 Å². The Bertz CT molecular complexity index is 441. The molecule has 1 aromatic carbocycles. The van der Waals surface area contributed by atoms with Crippen molar-refractivity contribution in [3.63, 3.8) is 0 Å². The van der Waals surface area contributed by atoms with Crippen LogP contribution in [0.25, 0.3) is 0 Å². The molecule has 1 aliphatic rings. The fourth-order valence-corrected chi connectivity index (χ4v) is 2.39. The lowest BCUT2D eigenvalue weighted by Gasteiger charge is -2.32. The first-order valence-corrected chi connectivity index (χ1v) is 7.16. The Morgan fingerprint density at radius 2 is 1.90 bits per heavy atom. The standard InChI is InChI=1S/C15H24N4O/c1-16-14-6-4-3-5-13(14)15(20)17-7-8-19-11-9-18(2)10-12-19/h3-6,16H,7-12H2,1-2H3,(H,17,20). The minimum atomic E-state index is -0.0101. The van der Waals surface area contributed by atoms with E-state index in [1.165, 1.54) is 0 Å². The van der Waals surface area contributed by atoms with Crippen molar-refractivity contribution in [1.29, 1.82) is 0 Å². The molecule has 1 amide bonds. The highest BCUT2D eigenvalue weighted by molar-refractivity contribution is 5.99. The molecule has 2 rings (SSSR count). The van der Waals surface area contributed by atoms with Crippen molar-refractivity contribution < 1.29 is 4.79 Å². The van der Waals surface area contributed by atoms with E-state index in [0.29, 0.717) is 12.1 Å². The lowest BCUT2D eigenvalue weighted by molar-refractivity contribution is 0.0942. The number of nitrogens with zero attached hydrogens (tertiary/aromatic N) is 2. The molecule has 0 radical (unpaired) electrons. The van der Waals surface area contributed by atoms with Gasteiger partial charge < -0.3 is 15.5 Å². The number of rotatable bonds is 5. The van der Waals surface area contributed by atoms with Crippen LogP contribution >= 0.6 is 0 Å². The number of hydrogen-bond donors (Lipinski definition) is 2. The lowest BCUT2D eigenvalue weighted by atomic mass is 10.1. The Balaban J connectivity index is 1.78. The van der Waals surface area contributed by atoms with Gasteiger partial charge in [-0.2, -0.15) is 0 Å². The third-order valence-corrected chi connectivity index (χ3v) is 3.75. The summed E-state index contributed by atoms with van der Waals surface area (Å²) in [5.74, 6) is -0.0101. The van der Waals surface area contributed by atoms with E-state index in [1.807, 2.05) is 31.3 Å². The maximum atomic E-state index is 12.1. The fraction of sp³-hybridized carbons (Fsp3) is 0.533. The highest BCUT2D eigenvalue weighted by Gasteiger charge is 2.14. The van der Waals surface area contributed by atoms with Gasteiger partial charge in [0, 0.05) is 52.0 Å². The first kappa shape index (κ1) is 14.8. The van der Waals surface area contributed by atoms with Gasteiger partial charge in [-0.25, -0.2) is 0 Å². The second-order valence-corrected chi connectivity index (χ2v) is 5.20. The fourth-order valence-electron chi connectivity index (χ4n) is 2.39. The molecule has 0 spiro atoms. The third-order valence-electron chi connectivity index (χ3n) is 3.75. The number of carbonyl (C=O) groups is 1. The van der Waals surface area contributed by atoms with Gasteiger partial charge in [-0.15, -0.1) is 0 Å². The summed E-state index contributed by atoms with van der Waals surface area (Å²) in [4.78, 5) is 16.9. The molecule has 1 aromatic rings. The molecule has 0 bridgehead atoms. The number of amides is 1. The highest BCUT2D eigenvalue weighted by Crippen LogP contribution is 2.13. The molecule has 20 heavy (non-hydrogen) atoms. The molecule has 1 aliphatic heterocycles. The molecule has 0 atom stereocenters. The van der Waals surface area contributed by atoms with E-state index in [9.17, 15) is 4.79 Å². The topological polar surface area (TPSA) is 47.6 Å². The van der Waals surface area contributed by atoms with Crippen molar-refractivity contribution in [2.24, 2.45) is 0 Å². The van der Waals surface area contributed by atoms with Gasteiger partial charge in [-0.05, 0) is 19.2 Å². The van der Waals surface area contributed by atoms with Crippen molar-refractivity contribution in [3.8, 4) is 0 Å². The van der Waals surface area contributed by atoms with E-state index in [-0.39, 0.29) is 5.91 Å². The van der Waals surface area contributed by atoms with Crippen molar-refractivity contribution in [3.05, 3.63) is 29.8 Å². The number of carbonyl (C=O) groups excluding carboxylic acids is 1. The van der Waals surface area contributed by atoms with Crippen LogP contribution in [0.4, 0.5) is 5.69 Å². The highest BCUT2D eigenvalue weighted by atomic mass is 16.1. The van der Waals surface area contributed by atoms with Crippen LogP contribution in [0.15, 0.2) is 24.3 Å². The number of para-hydroxylation sites is 1. The van der Waals surface area contributed by atoms with Crippen LogP contribution in [-0.4, -0.2) is 69.1 Å². The maximum Gasteiger partial charge on any atom is 0.253 e. The van der Waals surface area contributed by atoms with Gasteiger partial charge in [0.2, 0.25) is 0 Å². The van der Waals surface area contributed by atoms with Crippen LogP contribution in [0.1, 0.15) is 10.4 Å². The van der Waals surface area contributed by atoms with Crippen molar-refractivity contribution in [2.75, 3.05) is 58.7 Å². The SMILES string of the molecule is CNc1ccccc1C(=O)NCCN1CCN(C)CC1. The largest absolute Gasteiger partial charge is 0.387 e. The van der Waals surface area contributed by atoms with Crippen LogP contribution in [-0.2, 0) is 0 Å². The molecule has 5 nitrogen and oxygen atoms in total. The predicted octanol–water partition coefficient (Wildman–Crippen LogP) is 0.706. The molecule has 1 heterocycles. The average Bonchev–Trinajstić information content (AvgIpc) is 2.49. The molecule has 1 fully saturated rings. The van der Waals surface area contributed by atoms with E-state index in [4.69, 9.17) is 0 Å². The van der Waals surface area contributed by atoms with E-state index in [1.54, 1.807) is 0 Å². The van der Waals surface area contributed by atoms with Gasteiger partial charge in [0.1, 0.15) is 0 Å². The van der Waals surface area contributed by atoms with Crippen LogP contribution in [0.3, 0.4) is 0 Å².